The second-order valence-corrected chi connectivity index (χ2v) is 5.50. The molecule has 0 aliphatic carbocycles. The van der Waals surface area contributed by atoms with Crippen molar-refractivity contribution in [2.45, 2.75) is 6.92 Å². The number of allylic oxidation sites excluding steroid dienone is 2. The first-order valence-electron chi connectivity index (χ1n) is 8.33. The minimum atomic E-state index is -0.312. The molecule has 1 aliphatic heterocycles. The minimum Gasteiger partial charge on any atom is -0.497 e. The number of hydrogen-bond acceptors (Lipinski definition) is 4. The maximum Gasteiger partial charge on any atom is 0.409 e. The second-order valence-electron chi connectivity index (χ2n) is 5.50. The molecule has 0 spiro atoms. The van der Waals surface area contributed by atoms with Crippen LogP contribution < -0.4 is 4.74 Å². The summed E-state index contributed by atoms with van der Waals surface area (Å²) < 4.78 is 10.1. The average Bonchev–Trinajstić information content (AvgIpc) is 2.66. The molecule has 1 aromatic carbocycles. The van der Waals surface area contributed by atoms with Crippen LogP contribution in [0.1, 0.15) is 12.5 Å². The molecule has 1 aromatic rings. The summed E-state index contributed by atoms with van der Waals surface area (Å²) in [4.78, 5) is 27.1. The largest absolute Gasteiger partial charge is 0.497 e. The Balaban J connectivity index is 1.78. The van der Waals surface area contributed by atoms with Gasteiger partial charge in [0.25, 0.3) is 0 Å². The van der Waals surface area contributed by atoms with Gasteiger partial charge in [0.2, 0.25) is 5.91 Å². The third kappa shape index (κ3) is 5.67. The van der Waals surface area contributed by atoms with Gasteiger partial charge in [-0.1, -0.05) is 30.4 Å². The van der Waals surface area contributed by atoms with E-state index in [1.54, 1.807) is 36.0 Å². The number of benzene rings is 1. The molecule has 0 saturated carbocycles. The summed E-state index contributed by atoms with van der Waals surface area (Å²) in [5, 5.41) is 0. The van der Waals surface area contributed by atoms with Crippen LogP contribution in [0, 0.1) is 0 Å². The Morgan fingerprint density at radius 2 is 1.68 bits per heavy atom. The average molecular weight is 344 g/mol. The van der Waals surface area contributed by atoms with Crippen LogP contribution in [0.4, 0.5) is 4.79 Å². The van der Waals surface area contributed by atoms with Crippen molar-refractivity contribution in [3.63, 3.8) is 0 Å². The SMILES string of the molecule is CCOC(=O)N1CCN(C(=O)/C=C/C=C/c2ccc(OC)cc2)CC1. The van der Waals surface area contributed by atoms with Gasteiger partial charge in [0.15, 0.2) is 0 Å². The van der Waals surface area contributed by atoms with Crippen molar-refractivity contribution < 1.29 is 19.1 Å². The number of ether oxygens (including phenoxy) is 2. The zero-order chi connectivity index (χ0) is 18.1. The van der Waals surface area contributed by atoms with E-state index in [4.69, 9.17) is 9.47 Å². The van der Waals surface area contributed by atoms with Gasteiger partial charge in [0.1, 0.15) is 5.75 Å². The van der Waals surface area contributed by atoms with Crippen molar-refractivity contribution in [3.8, 4) is 5.75 Å². The lowest BCUT2D eigenvalue weighted by molar-refractivity contribution is -0.127. The fraction of sp³-hybridized carbons (Fsp3) is 0.368. The van der Waals surface area contributed by atoms with Gasteiger partial charge in [-0.25, -0.2) is 4.79 Å². The molecule has 6 nitrogen and oxygen atoms in total. The smallest absolute Gasteiger partial charge is 0.409 e. The van der Waals surface area contributed by atoms with Crippen LogP contribution in [0.5, 0.6) is 5.75 Å². The Morgan fingerprint density at radius 1 is 1.04 bits per heavy atom. The number of nitrogens with zero attached hydrogens (tertiary/aromatic N) is 2. The molecule has 134 valence electrons. The van der Waals surface area contributed by atoms with Crippen molar-refractivity contribution in [1.29, 1.82) is 0 Å². The lowest BCUT2D eigenvalue weighted by atomic mass is 10.2. The fourth-order valence-electron chi connectivity index (χ4n) is 2.45. The van der Waals surface area contributed by atoms with Crippen LogP contribution >= 0.6 is 0 Å². The molecule has 1 heterocycles. The van der Waals surface area contributed by atoms with Gasteiger partial charge >= 0.3 is 6.09 Å². The molecule has 1 fully saturated rings. The van der Waals surface area contributed by atoms with E-state index in [0.29, 0.717) is 32.8 Å². The van der Waals surface area contributed by atoms with Crippen LogP contribution in [-0.2, 0) is 9.53 Å². The molecule has 0 N–H and O–H groups in total. The second kappa shape index (κ2) is 9.52. The Labute approximate surface area is 148 Å². The summed E-state index contributed by atoms with van der Waals surface area (Å²) in [6.07, 6.45) is 6.70. The number of carbonyl (C=O) groups excluding carboxylic acids is 2. The molecule has 2 amide bonds. The van der Waals surface area contributed by atoms with Gasteiger partial charge in [-0.2, -0.15) is 0 Å². The van der Waals surface area contributed by atoms with Gasteiger partial charge in [-0.3, -0.25) is 4.79 Å². The zero-order valence-corrected chi connectivity index (χ0v) is 14.7. The predicted octanol–water partition coefficient (Wildman–Crippen LogP) is 2.57. The van der Waals surface area contributed by atoms with Crippen molar-refractivity contribution in [3.05, 3.63) is 48.1 Å². The normalized spacial score (nSPS) is 15.0. The Morgan fingerprint density at radius 3 is 2.28 bits per heavy atom. The highest BCUT2D eigenvalue weighted by atomic mass is 16.6. The number of rotatable bonds is 5. The number of amides is 2. The number of carbonyl (C=O) groups is 2. The Bertz CT molecular complexity index is 629. The highest BCUT2D eigenvalue weighted by molar-refractivity contribution is 5.88. The van der Waals surface area contributed by atoms with E-state index in [-0.39, 0.29) is 12.0 Å². The van der Waals surface area contributed by atoms with Crippen molar-refractivity contribution in [2.75, 3.05) is 39.9 Å². The molecule has 0 atom stereocenters. The first-order chi connectivity index (χ1) is 12.1. The van der Waals surface area contributed by atoms with Crippen LogP contribution in [0.2, 0.25) is 0 Å². The molecule has 0 unspecified atom stereocenters. The van der Waals surface area contributed by atoms with Crippen LogP contribution in [0.3, 0.4) is 0 Å². The summed E-state index contributed by atoms with van der Waals surface area (Å²) >= 11 is 0. The first-order valence-corrected chi connectivity index (χ1v) is 8.33. The zero-order valence-electron chi connectivity index (χ0n) is 14.7. The topological polar surface area (TPSA) is 59.1 Å². The molecule has 1 saturated heterocycles. The molecule has 0 aromatic heterocycles. The van der Waals surface area contributed by atoms with E-state index in [0.717, 1.165) is 11.3 Å². The van der Waals surface area contributed by atoms with Crippen LogP contribution in [0.25, 0.3) is 6.08 Å². The molecular formula is C19H24N2O4. The third-order valence-electron chi connectivity index (χ3n) is 3.87. The quantitative estimate of drug-likeness (QED) is 0.608. The van der Waals surface area contributed by atoms with E-state index in [1.807, 2.05) is 36.4 Å². The highest BCUT2D eigenvalue weighted by Gasteiger charge is 2.23. The highest BCUT2D eigenvalue weighted by Crippen LogP contribution is 2.12. The van der Waals surface area contributed by atoms with Crippen molar-refractivity contribution >= 4 is 18.1 Å². The summed E-state index contributed by atoms with van der Waals surface area (Å²) in [6, 6.07) is 7.66. The molecule has 2 rings (SSSR count). The molecular weight excluding hydrogens is 320 g/mol. The lowest BCUT2D eigenvalue weighted by Crippen LogP contribution is -2.50. The van der Waals surface area contributed by atoms with E-state index in [2.05, 4.69) is 0 Å². The lowest BCUT2D eigenvalue weighted by Gasteiger charge is -2.33. The predicted molar refractivity (Wildman–Crippen MR) is 96.3 cm³/mol. The third-order valence-corrected chi connectivity index (χ3v) is 3.87. The van der Waals surface area contributed by atoms with E-state index in [1.165, 1.54) is 0 Å². The number of hydrogen-bond donors (Lipinski definition) is 0. The van der Waals surface area contributed by atoms with Crippen LogP contribution in [-0.4, -0.2) is 61.7 Å². The number of piperazine rings is 1. The molecule has 6 heteroatoms. The van der Waals surface area contributed by atoms with Gasteiger partial charge in [0, 0.05) is 32.3 Å². The maximum atomic E-state index is 12.1. The maximum absolute atomic E-state index is 12.1. The standard InChI is InChI=1S/C19H24N2O4/c1-3-25-19(23)21-14-12-20(13-15-21)18(22)7-5-4-6-16-8-10-17(24-2)11-9-16/h4-11H,3,12-15H2,1-2H3/b6-4+,7-5+. The van der Waals surface area contributed by atoms with Crippen molar-refractivity contribution in [1.82, 2.24) is 9.80 Å². The first kappa shape index (κ1) is 18.6. The van der Waals surface area contributed by atoms with E-state index >= 15 is 0 Å². The van der Waals surface area contributed by atoms with Crippen molar-refractivity contribution in [2.24, 2.45) is 0 Å². The molecule has 25 heavy (non-hydrogen) atoms. The number of methoxy groups -OCH3 is 1. The van der Waals surface area contributed by atoms with Crippen LogP contribution in [0.15, 0.2) is 42.5 Å². The molecule has 0 radical (unpaired) electrons. The summed E-state index contributed by atoms with van der Waals surface area (Å²) in [5.41, 5.74) is 1.03. The minimum absolute atomic E-state index is 0.0529. The monoisotopic (exact) mass is 344 g/mol. The molecule has 0 bridgehead atoms. The molecule has 1 aliphatic rings. The van der Waals surface area contributed by atoms with E-state index < -0.39 is 0 Å². The van der Waals surface area contributed by atoms with Gasteiger partial charge < -0.3 is 19.3 Å². The van der Waals surface area contributed by atoms with E-state index in [9.17, 15) is 9.59 Å². The van der Waals surface area contributed by atoms with Gasteiger partial charge in [-0.15, -0.1) is 0 Å². The fourth-order valence-corrected chi connectivity index (χ4v) is 2.45. The van der Waals surface area contributed by atoms with Gasteiger partial charge in [0.05, 0.1) is 13.7 Å². The Hall–Kier alpha value is -2.76. The summed E-state index contributed by atoms with van der Waals surface area (Å²) in [7, 11) is 1.63. The summed E-state index contributed by atoms with van der Waals surface area (Å²) in [5.74, 6) is 0.757. The van der Waals surface area contributed by atoms with Gasteiger partial charge in [-0.05, 0) is 24.6 Å². The summed E-state index contributed by atoms with van der Waals surface area (Å²) in [6.45, 7) is 4.18. The Kier molecular flexibility index (Phi) is 7.07.